The Bertz CT molecular complexity index is 479. The number of carbonyl (C=O) groups excluding carboxylic acids is 1. The molecule has 0 aliphatic carbocycles. The highest BCUT2D eigenvalue weighted by atomic mass is 32.2. The number of benzene rings is 1. The summed E-state index contributed by atoms with van der Waals surface area (Å²) in [5, 5.41) is 0. The van der Waals surface area contributed by atoms with Crippen LogP contribution in [0.4, 0.5) is 0 Å². The highest BCUT2D eigenvalue weighted by Crippen LogP contribution is 2.09. The molecule has 0 fully saturated rings. The lowest BCUT2D eigenvalue weighted by Gasteiger charge is -2.06. The Hall–Kier alpha value is -1.40. The molecule has 6 heteroatoms. The van der Waals surface area contributed by atoms with E-state index in [4.69, 9.17) is 0 Å². The zero-order chi connectivity index (χ0) is 12.9. The number of sulfonamides is 1. The highest BCUT2D eigenvalue weighted by Gasteiger charge is 2.13. The summed E-state index contributed by atoms with van der Waals surface area (Å²) in [4.78, 5) is 11.0. The summed E-state index contributed by atoms with van der Waals surface area (Å²) in [6, 6.07) is 6.48. The van der Waals surface area contributed by atoms with Crippen LogP contribution in [-0.4, -0.2) is 28.0 Å². The molecule has 0 amide bonds. The Morgan fingerprint density at radius 3 is 2.41 bits per heavy atom. The van der Waals surface area contributed by atoms with Crippen molar-refractivity contribution in [3.63, 3.8) is 0 Å². The van der Waals surface area contributed by atoms with Crippen molar-refractivity contribution < 1.29 is 17.9 Å². The van der Waals surface area contributed by atoms with Gasteiger partial charge in [-0.15, -0.1) is 0 Å². The zero-order valence-electron chi connectivity index (χ0n) is 9.76. The average molecular weight is 257 g/mol. The van der Waals surface area contributed by atoms with Crippen LogP contribution in [0.1, 0.15) is 12.0 Å². The smallest absolute Gasteiger partial charge is 0.306 e. The minimum Gasteiger partial charge on any atom is -0.469 e. The lowest BCUT2D eigenvalue weighted by Crippen LogP contribution is -2.26. The number of esters is 1. The van der Waals surface area contributed by atoms with Crippen molar-refractivity contribution in [2.75, 3.05) is 13.7 Å². The van der Waals surface area contributed by atoms with E-state index in [1.165, 1.54) is 19.2 Å². The quantitative estimate of drug-likeness (QED) is 0.793. The van der Waals surface area contributed by atoms with E-state index in [1.807, 2.05) is 6.92 Å². The van der Waals surface area contributed by atoms with Gasteiger partial charge in [-0.1, -0.05) is 17.7 Å². The van der Waals surface area contributed by atoms with Gasteiger partial charge in [0, 0.05) is 6.54 Å². The summed E-state index contributed by atoms with van der Waals surface area (Å²) in [6.07, 6.45) is 0.0155. The van der Waals surface area contributed by atoms with Crippen molar-refractivity contribution in [3.8, 4) is 0 Å². The van der Waals surface area contributed by atoms with Crippen molar-refractivity contribution in [2.45, 2.75) is 18.2 Å². The van der Waals surface area contributed by atoms with Crippen LogP contribution in [0.2, 0.25) is 0 Å². The molecule has 0 heterocycles. The molecule has 1 rings (SSSR count). The normalized spacial score (nSPS) is 11.2. The SMILES string of the molecule is COC(=O)CCNS(=O)(=O)c1ccc(C)cc1. The molecule has 0 spiro atoms. The van der Waals surface area contributed by atoms with Crippen molar-refractivity contribution in [1.82, 2.24) is 4.72 Å². The van der Waals surface area contributed by atoms with Gasteiger partial charge in [0.15, 0.2) is 0 Å². The van der Waals surface area contributed by atoms with Gasteiger partial charge in [-0.25, -0.2) is 13.1 Å². The molecule has 0 saturated heterocycles. The third kappa shape index (κ3) is 4.16. The standard InChI is InChI=1S/C11H15NO4S/c1-9-3-5-10(6-4-9)17(14,15)12-8-7-11(13)16-2/h3-6,12H,7-8H2,1-2H3. The third-order valence-electron chi connectivity index (χ3n) is 2.18. The number of ether oxygens (including phenoxy) is 1. The maximum absolute atomic E-state index is 11.8. The first-order chi connectivity index (χ1) is 7.95. The van der Waals surface area contributed by atoms with Gasteiger partial charge in [0.1, 0.15) is 0 Å². The van der Waals surface area contributed by atoms with Crippen LogP contribution in [0.25, 0.3) is 0 Å². The minimum absolute atomic E-state index is 0.0155. The van der Waals surface area contributed by atoms with E-state index in [0.717, 1.165) is 5.56 Å². The van der Waals surface area contributed by atoms with Crippen molar-refractivity contribution in [2.24, 2.45) is 0 Å². The molecular weight excluding hydrogens is 242 g/mol. The molecule has 0 aliphatic heterocycles. The van der Waals surface area contributed by atoms with Gasteiger partial charge in [-0.2, -0.15) is 0 Å². The fourth-order valence-corrected chi connectivity index (χ4v) is 2.22. The lowest BCUT2D eigenvalue weighted by atomic mass is 10.2. The number of nitrogens with one attached hydrogen (secondary N) is 1. The largest absolute Gasteiger partial charge is 0.469 e. The average Bonchev–Trinajstić information content (AvgIpc) is 2.29. The van der Waals surface area contributed by atoms with E-state index >= 15 is 0 Å². The Labute approximate surface area is 101 Å². The third-order valence-corrected chi connectivity index (χ3v) is 3.66. The second-order valence-electron chi connectivity index (χ2n) is 3.54. The topological polar surface area (TPSA) is 72.5 Å². The first kappa shape index (κ1) is 13.7. The van der Waals surface area contributed by atoms with Gasteiger partial charge >= 0.3 is 5.97 Å². The fraction of sp³-hybridized carbons (Fsp3) is 0.364. The van der Waals surface area contributed by atoms with Crippen LogP contribution in [-0.2, 0) is 19.6 Å². The molecule has 94 valence electrons. The molecule has 1 aromatic carbocycles. The van der Waals surface area contributed by atoms with Crippen molar-refractivity contribution >= 4 is 16.0 Å². The Morgan fingerprint density at radius 2 is 1.88 bits per heavy atom. The van der Waals surface area contributed by atoms with Gasteiger partial charge in [0.05, 0.1) is 18.4 Å². The monoisotopic (exact) mass is 257 g/mol. The predicted octanol–water partition coefficient (Wildman–Crippen LogP) is 0.836. The summed E-state index contributed by atoms with van der Waals surface area (Å²) in [5.41, 5.74) is 0.985. The number of hydrogen-bond acceptors (Lipinski definition) is 4. The van der Waals surface area contributed by atoms with Crippen molar-refractivity contribution in [1.29, 1.82) is 0 Å². The molecule has 5 nitrogen and oxygen atoms in total. The highest BCUT2D eigenvalue weighted by molar-refractivity contribution is 7.89. The van der Waals surface area contributed by atoms with E-state index in [1.54, 1.807) is 12.1 Å². The molecular formula is C11H15NO4S. The van der Waals surface area contributed by atoms with Crippen LogP contribution in [0, 0.1) is 6.92 Å². The number of carbonyl (C=O) groups is 1. The number of aryl methyl sites for hydroxylation is 1. The Kier molecular flexibility index (Phi) is 4.65. The van der Waals surface area contributed by atoms with E-state index in [2.05, 4.69) is 9.46 Å². The number of methoxy groups -OCH3 is 1. The van der Waals surface area contributed by atoms with Crippen LogP contribution in [0.15, 0.2) is 29.2 Å². The van der Waals surface area contributed by atoms with Gasteiger partial charge in [0.25, 0.3) is 0 Å². The van der Waals surface area contributed by atoms with E-state index in [0.29, 0.717) is 0 Å². The predicted molar refractivity (Wildman–Crippen MR) is 63.0 cm³/mol. The Morgan fingerprint density at radius 1 is 1.29 bits per heavy atom. The summed E-state index contributed by atoms with van der Waals surface area (Å²) >= 11 is 0. The number of hydrogen-bond donors (Lipinski definition) is 1. The molecule has 0 saturated carbocycles. The molecule has 1 N–H and O–H groups in total. The summed E-state index contributed by atoms with van der Waals surface area (Å²) in [6.45, 7) is 1.91. The van der Waals surface area contributed by atoms with Crippen LogP contribution in [0.3, 0.4) is 0 Å². The van der Waals surface area contributed by atoms with Crippen LogP contribution >= 0.6 is 0 Å². The van der Waals surface area contributed by atoms with E-state index in [-0.39, 0.29) is 17.9 Å². The maximum Gasteiger partial charge on any atom is 0.306 e. The van der Waals surface area contributed by atoms with Gasteiger partial charge in [-0.05, 0) is 19.1 Å². The minimum atomic E-state index is -3.54. The summed E-state index contributed by atoms with van der Waals surface area (Å²) < 4.78 is 30.2. The van der Waals surface area contributed by atoms with E-state index < -0.39 is 16.0 Å². The fourth-order valence-electron chi connectivity index (χ4n) is 1.19. The first-order valence-corrected chi connectivity index (χ1v) is 6.57. The molecule has 0 unspecified atom stereocenters. The maximum atomic E-state index is 11.8. The summed E-state index contributed by atoms with van der Waals surface area (Å²) in [5.74, 6) is -0.448. The zero-order valence-corrected chi connectivity index (χ0v) is 10.6. The van der Waals surface area contributed by atoms with Crippen LogP contribution in [0.5, 0.6) is 0 Å². The Balaban J connectivity index is 2.63. The first-order valence-electron chi connectivity index (χ1n) is 5.09. The van der Waals surface area contributed by atoms with Crippen molar-refractivity contribution in [3.05, 3.63) is 29.8 Å². The second-order valence-corrected chi connectivity index (χ2v) is 5.30. The molecule has 1 aromatic rings. The molecule has 0 aliphatic rings. The van der Waals surface area contributed by atoms with Gasteiger partial charge in [-0.3, -0.25) is 4.79 Å². The summed E-state index contributed by atoms with van der Waals surface area (Å²) in [7, 11) is -2.28. The molecule has 0 radical (unpaired) electrons. The molecule has 0 bridgehead atoms. The number of rotatable bonds is 5. The van der Waals surface area contributed by atoms with Gasteiger partial charge < -0.3 is 4.74 Å². The van der Waals surface area contributed by atoms with Crippen LogP contribution < -0.4 is 4.72 Å². The molecule has 17 heavy (non-hydrogen) atoms. The second kappa shape index (κ2) is 5.79. The molecule has 0 aromatic heterocycles. The molecule has 0 atom stereocenters. The lowest BCUT2D eigenvalue weighted by molar-refractivity contribution is -0.140. The van der Waals surface area contributed by atoms with E-state index in [9.17, 15) is 13.2 Å². The van der Waals surface area contributed by atoms with Gasteiger partial charge in [0.2, 0.25) is 10.0 Å².